The second-order valence-corrected chi connectivity index (χ2v) is 5.49. The van der Waals surface area contributed by atoms with Gasteiger partial charge in [-0.2, -0.15) is 5.26 Å². The van der Waals surface area contributed by atoms with Crippen LogP contribution in [0.1, 0.15) is 10.4 Å². The van der Waals surface area contributed by atoms with Gasteiger partial charge in [0.2, 0.25) is 5.91 Å². The minimum atomic E-state index is -0.119. The summed E-state index contributed by atoms with van der Waals surface area (Å²) in [6.45, 7) is 1.03. The van der Waals surface area contributed by atoms with Crippen LogP contribution in [0.15, 0.2) is 41.8 Å². The first-order chi connectivity index (χ1) is 9.69. The lowest BCUT2D eigenvalue weighted by Crippen LogP contribution is -2.29. The first-order valence-corrected chi connectivity index (χ1v) is 7.07. The lowest BCUT2D eigenvalue weighted by Gasteiger charge is -2.15. The highest BCUT2D eigenvalue weighted by molar-refractivity contribution is 7.09. The highest BCUT2D eigenvalue weighted by Crippen LogP contribution is 2.14. The van der Waals surface area contributed by atoms with E-state index in [1.54, 1.807) is 35.6 Å². The van der Waals surface area contributed by atoms with E-state index in [2.05, 4.69) is 11.4 Å². The minimum Gasteiger partial charge on any atom is -0.324 e. The van der Waals surface area contributed by atoms with Gasteiger partial charge in [-0.15, -0.1) is 11.3 Å². The number of likely N-dealkylation sites (N-methyl/N-ethyl adjacent to an activating group) is 1. The van der Waals surface area contributed by atoms with Crippen LogP contribution in [-0.4, -0.2) is 24.4 Å². The molecule has 1 aromatic carbocycles. The van der Waals surface area contributed by atoms with E-state index in [1.807, 2.05) is 29.5 Å². The van der Waals surface area contributed by atoms with Gasteiger partial charge in [-0.3, -0.25) is 9.69 Å². The van der Waals surface area contributed by atoms with Crippen molar-refractivity contribution >= 4 is 22.9 Å². The summed E-state index contributed by atoms with van der Waals surface area (Å²) < 4.78 is 0. The molecule has 20 heavy (non-hydrogen) atoms. The Morgan fingerprint density at radius 1 is 1.35 bits per heavy atom. The topological polar surface area (TPSA) is 56.1 Å². The first kappa shape index (κ1) is 14.3. The summed E-state index contributed by atoms with van der Waals surface area (Å²) in [7, 11) is 1.90. The fourth-order valence-electron chi connectivity index (χ4n) is 1.85. The van der Waals surface area contributed by atoms with Gasteiger partial charge in [0, 0.05) is 11.4 Å². The number of rotatable bonds is 5. The molecule has 1 heterocycles. The van der Waals surface area contributed by atoms with Crippen molar-refractivity contribution in [2.75, 3.05) is 18.9 Å². The number of para-hydroxylation sites is 1. The van der Waals surface area contributed by atoms with E-state index in [-0.39, 0.29) is 12.5 Å². The summed E-state index contributed by atoms with van der Waals surface area (Å²) in [5, 5.41) is 13.8. The maximum Gasteiger partial charge on any atom is 0.238 e. The van der Waals surface area contributed by atoms with E-state index < -0.39 is 0 Å². The number of nitrogens with zero attached hydrogens (tertiary/aromatic N) is 2. The molecule has 0 bridgehead atoms. The molecule has 102 valence electrons. The monoisotopic (exact) mass is 285 g/mol. The number of hydrogen-bond acceptors (Lipinski definition) is 4. The Kier molecular flexibility index (Phi) is 4.88. The van der Waals surface area contributed by atoms with Crippen molar-refractivity contribution in [3.05, 3.63) is 52.2 Å². The largest absolute Gasteiger partial charge is 0.324 e. The van der Waals surface area contributed by atoms with Crippen molar-refractivity contribution in [3.63, 3.8) is 0 Å². The molecule has 0 saturated carbocycles. The molecule has 0 spiro atoms. The molecule has 0 radical (unpaired) electrons. The van der Waals surface area contributed by atoms with Crippen molar-refractivity contribution in [3.8, 4) is 6.07 Å². The standard InChI is InChI=1S/C15H15N3OS/c1-18(10-13-6-4-8-20-13)11-15(19)17-14-7-3-2-5-12(14)9-16/h2-8H,10-11H2,1H3,(H,17,19). The third-order valence-corrected chi connectivity index (χ3v) is 3.60. The third kappa shape index (κ3) is 3.92. The van der Waals surface area contributed by atoms with Crippen molar-refractivity contribution in [1.29, 1.82) is 5.26 Å². The van der Waals surface area contributed by atoms with Gasteiger partial charge in [-0.1, -0.05) is 18.2 Å². The molecule has 1 aromatic heterocycles. The van der Waals surface area contributed by atoms with Crippen LogP contribution in [0.4, 0.5) is 5.69 Å². The molecule has 0 aliphatic heterocycles. The molecule has 0 unspecified atom stereocenters. The molecule has 0 fully saturated rings. The Hall–Kier alpha value is -2.16. The average molecular weight is 285 g/mol. The van der Waals surface area contributed by atoms with E-state index in [0.29, 0.717) is 11.3 Å². The highest BCUT2D eigenvalue weighted by atomic mass is 32.1. The summed E-state index contributed by atoms with van der Waals surface area (Å²) in [5.74, 6) is -0.119. The fourth-order valence-corrected chi connectivity index (χ4v) is 2.63. The van der Waals surface area contributed by atoms with Crippen molar-refractivity contribution in [2.45, 2.75) is 6.54 Å². The molecule has 0 aliphatic rings. The zero-order valence-electron chi connectivity index (χ0n) is 11.2. The SMILES string of the molecule is CN(CC(=O)Nc1ccccc1C#N)Cc1cccs1. The van der Waals surface area contributed by atoms with Crippen molar-refractivity contribution in [1.82, 2.24) is 4.90 Å². The number of anilines is 1. The zero-order valence-corrected chi connectivity index (χ0v) is 12.0. The predicted molar refractivity (Wildman–Crippen MR) is 80.4 cm³/mol. The minimum absolute atomic E-state index is 0.119. The number of carbonyl (C=O) groups is 1. The Morgan fingerprint density at radius 2 is 2.15 bits per heavy atom. The Morgan fingerprint density at radius 3 is 2.85 bits per heavy atom. The number of nitrogens with one attached hydrogen (secondary N) is 1. The number of benzene rings is 1. The van der Waals surface area contributed by atoms with Gasteiger partial charge in [0.25, 0.3) is 0 Å². The van der Waals surface area contributed by atoms with Crippen molar-refractivity contribution in [2.24, 2.45) is 0 Å². The molecular weight excluding hydrogens is 270 g/mol. The Labute approximate surface area is 122 Å². The first-order valence-electron chi connectivity index (χ1n) is 6.19. The molecule has 0 atom stereocenters. The zero-order chi connectivity index (χ0) is 14.4. The van der Waals surface area contributed by atoms with Crippen LogP contribution >= 0.6 is 11.3 Å². The second-order valence-electron chi connectivity index (χ2n) is 4.46. The van der Waals surface area contributed by atoms with Gasteiger partial charge in [-0.05, 0) is 30.6 Å². The maximum absolute atomic E-state index is 12.0. The number of thiophene rings is 1. The summed E-state index contributed by atoms with van der Waals surface area (Å²) in [6.07, 6.45) is 0. The van der Waals surface area contributed by atoms with Crippen LogP contribution in [0.2, 0.25) is 0 Å². The van der Waals surface area contributed by atoms with Crippen LogP contribution in [-0.2, 0) is 11.3 Å². The van der Waals surface area contributed by atoms with Gasteiger partial charge >= 0.3 is 0 Å². The molecular formula is C15H15N3OS. The number of nitriles is 1. The lowest BCUT2D eigenvalue weighted by atomic mass is 10.2. The number of amides is 1. The molecule has 2 aromatic rings. The van der Waals surface area contributed by atoms with E-state index in [9.17, 15) is 4.79 Å². The highest BCUT2D eigenvalue weighted by Gasteiger charge is 2.09. The third-order valence-electron chi connectivity index (χ3n) is 2.74. The quantitative estimate of drug-likeness (QED) is 0.919. The van der Waals surface area contributed by atoms with Crippen LogP contribution < -0.4 is 5.32 Å². The van der Waals surface area contributed by atoms with Crippen LogP contribution in [0.3, 0.4) is 0 Å². The second kappa shape index (κ2) is 6.85. The van der Waals surface area contributed by atoms with Gasteiger partial charge < -0.3 is 5.32 Å². The van der Waals surface area contributed by atoms with Gasteiger partial charge in [0.1, 0.15) is 6.07 Å². The lowest BCUT2D eigenvalue weighted by molar-refractivity contribution is -0.117. The van der Waals surface area contributed by atoms with Crippen LogP contribution in [0, 0.1) is 11.3 Å². The summed E-state index contributed by atoms with van der Waals surface area (Å²) in [5.41, 5.74) is 1.03. The van der Waals surface area contributed by atoms with E-state index in [4.69, 9.17) is 5.26 Å². The van der Waals surface area contributed by atoms with Gasteiger partial charge in [-0.25, -0.2) is 0 Å². The van der Waals surface area contributed by atoms with Gasteiger partial charge in [0.15, 0.2) is 0 Å². The van der Waals surface area contributed by atoms with Crippen LogP contribution in [0.25, 0.3) is 0 Å². The maximum atomic E-state index is 12.0. The molecule has 0 saturated heterocycles. The Bertz CT molecular complexity index is 616. The van der Waals surface area contributed by atoms with E-state index in [0.717, 1.165) is 6.54 Å². The smallest absolute Gasteiger partial charge is 0.238 e. The number of carbonyl (C=O) groups excluding carboxylic acids is 1. The average Bonchev–Trinajstić information content (AvgIpc) is 2.91. The van der Waals surface area contributed by atoms with Crippen LogP contribution in [0.5, 0.6) is 0 Å². The fraction of sp³-hybridized carbons (Fsp3) is 0.200. The molecule has 1 N–H and O–H groups in total. The molecule has 4 nitrogen and oxygen atoms in total. The summed E-state index contributed by atoms with van der Waals surface area (Å²) in [4.78, 5) is 15.1. The summed E-state index contributed by atoms with van der Waals surface area (Å²) in [6, 6.07) is 13.1. The molecule has 2 rings (SSSR count). The number of hydrogen-bond donors (Lipinski definition) is 1. The van der Waals surface area contributed by atoms with E-state index >= 15 is 0 Å². The molecule has 1 amide bonds. The predicted octanol–water partition coefficient (Wildman–Crippen LogP) is 2.69. The van der Waals surface area contributed by atoms with Crippen molar-refractivity contribution < 1.29 is 4.79 Å². The van der Waals surface area contributed by atoms with Gasteiger partial charge in [0.05, 0.1) is 17.8 Å². The van der Waals surface area contributed by atoms with E-state index in [1.165, 1.54) is 4.88 Å². The molecule has 0 aliphatic carbocycles. The summed E-state index contributed by atoms with van der Waals surface area (Å²) >= 11 is 1.67. The Balaban J connectivity index is 1.91. The normalized spacial score (nSPS) is 10.2. The molecule has 5 heteroatoms.